The Bertz CT molecular complexity index is 1500. The molecule has 4 aromatic rings. The Morgan fingerprint density at radius 2 is 1.83 bits per heavy atom. The molecule has 1 amide bonds. The topological polar surface area (TPSA) is 69.3 Å². The number of anilines is 1. The van der Waals surface area contributed by atoms with Crippen molar-refractivity contribution in [3.05, 3.63) is 97.7 Å². The molecular formula is C27H23FN4O2S. The predicted octanol–water partition coefficient (Wildman–Crippen LogP) is 4.39. The van der Waals surface area contributed by atoms with Gasteiger partial charge >= 0.3 is 0 Å². The molecule has 0 radical (unpaired) electrons. The van der Waals surface area contributed by atoms with Crippen LogP contribution in [0.3, 0.4) is 0 Å². The summed E-state index contributed by atoms with van der Waals surface area (Å²) in [5.41, 5.74) is 2.84. The predicted molar refractivity (Wildman–Crippen MR) is 136 cm³/mol. The highest BCUT2D eigenvalue weighted by Crippen LogP contribution is 2.31. The second-order valence-corrected chi connectivity index (χ2v) is 9.58. The number of nitrogens with zero attached hydrogens (tertiary/aromatic N) is 4. The number of pyridine rings is 1. The zero-order valence-electron chi connectivity index (χ0n) is 19.2. The molecule has 8 heteroatoms. The van der Waals surface area contributed by atoms with Gasteiger partial charge in [0, 0.05) is 31.6 Å². The molecule has 3 heterocycles. The van der Waals surface area contributed by atoms with E-state index in [0.717, 1.165) is 22.0 Å². The Kier molecular flexibility index (Phi) is 6.10. The highest BCUT2D eigenvalue weighted by Gasteiger charge is 2.27. The smallest absolute Gasteiger partial charge is 0.271 e. The van der Waals surface area contributed by atoms with E-state index in [2.05, 4.69) is 6.07 Å². The molecule has 0 atom stereocenters. The van der Waals surface area contributed by atoms with Gasteiger partial charge in [0.1, 0.15) is 17.4 Å². The largest absolute Gasteiger partial charge is 0.366 e. The van der Waals surface area contributed by atoms with E-state index in [0.29, 0.717) is 36.7 Å². The number of piperazine rings is 1. The molecule has 6 nitrogen and oxygen atoms in total. The normalized spacial score (nSPS) is 13.7. The van der Waals surface area contributed by atoms with Crippen molar-refractivity contribution in [1.82, 2.24) is 9.47 Å². The minimum Gasteiger partial charge on any atom is -0.366 e. The van der Waals surface area contributed by atoms with Gasteiger partial charge in [-0.15, -0.1) is 11.3 Å². The van der Waals surface area contributed by atoms with Gasteiger partial charge in [-0.25, -0.2) is 4.39 Å². The molecule has 1 aliphatic heterocycles. The monoisotopic (exact) mass is 486 g/mol. The SMILES string of the molecule is Cc1ccc2c(c1)c(N1CCN(C(=O)c3cccs3)CC1)c(C#N)c(=O)n2Cc1ccc(F)cc1. The fourth-order valence-electron chi connectivity index (χ4n) is 4.60. The summed E-state index contributed by atoms with van der Waals surface area (Å²) in [7, 11) is 0. The minimum atomic E-state index is -0.375. The summed E-state index contributed by atoms with van der Waals surface area (Å²) in [6.45, 7) is 4.27. The van der Waals surface area contributed by atoms with Crippen LogP contribution in [0.5, 0.6) is 0 Å². The van der Waals surface area contributed by atoms with Crippen molar-refractivity contribution in [3.63, 3.8) is 0 Å². The number of fused-ring (bicyclic) bond motifs is 1. The first-order chi connectivity index (χ1) is 17.0. The van der Waals surface area contributed by atoms with E-state index in [1.165, 1.54) is 23.5 Å². The van der Waals surface area contributed by atoms with Crippen molar-refractivity contribution in [3.8, 4) is 6.07 Å². The summed E-state index contributed by atoms with van der Waals surface area (Å²) in [6, 6.07) is 17.7. The lowest BCUT2D eigenvalue weighted by Gasteiger charge is -2.37. The number of carbonyl (C=O) groups is 1. The van der Waals surface area contributed by atoms with Crippen LogP contribution >= 0.6 is 11.3 Å². The van der Waals surface area contributed by atoms with Gasteiger partial charge in [0.05, 0.1) is 22.6 Å². The number of rotatable bonds is 4. The summed E-state index contributed by atoms with van der Waals surface area (Å²) in [6.07, 6.45) is 0. The van der Waals surface area contributed by atoms with E-state index >= 15 is 0 Å². The van der Waals surface area contributed by atoms with Gasteiger partial charge in [-0.2, -0.15) is 5.26 Å². The van der Waals surface area contributed by atoms with Crippen LogP contribution in [0.25, 0.3) is 10.9 Å². The summed E-state index contributed by atoms with van der Waals surface area (Å²) < 4.78 is 15.0. The first kappa shape index (κ1) is 22.8. The minimum absolute atomic E-state index is 0.00979. The lowest BCUT2D eigenvalue weighted by Crippen LogP contribution is -2.49. The summed E-state index contributed by atoms with van der Waals surface area (Å²) in [5.74, 6) is -0.332. The van der Waals surface area contributed by atoms with Crippen LogP contribution in [0.2, 0.25) is 0 Å². The number of hydrogen-bond acceptors (Lipinski definition) is 5. The third kappa shape index (κ3) is 4.31. The number of carbonyl (C=O) groups excluding carboxylic acids is 1. The number of halogens is 1. The van der Waals surface area contributed by atoms with Gasteiger partial charge in [-0.1, -0.05) is 29.8 Å². The van der Waals surface area contributed by atoms with Gasteiger partial charge in [-0.3, -0.25) is 9.59 Å². The summed E-state index contributed by atoms with van der Waals surface area (Å²) in [4.78, 5) is 30.9. The Morgan fingerprint density at radius 3 is 2.49 bits per heavy atom. The molecule has 1 saturated heterocycles. The molecule has 0 bridgehead atoms. The van der Waals surface area contributed by atoms with Gasteiger partial charge < -0.3 is 14.4 Å². The number of benzene rings is 2. The lowest BCUT2D eigenvalue weighted by molar-refractivity contribution is 0.0751. The number of nitriles is 1. The Hall–Kier alpha value is -3.96. The Labute approximate surface area is 206 Å². The average molecular weight is 487 g/mol. The molecule has 0 unspecified atom stereocenters. The zero-order valence-corrected chi connectivity index (χ0v) is 20.0. The Balaban J connectivity index is 1.54. The lowest BCUT2D eigenvalue weighted by atomic mass is 10.0. The molecule has 176 valence electrons. The molecule has 0 spiro atoms. The van der Waals surface area contributed by atoms with Gasteiger partial charge in [-0.05, 0) is 48.2 Å². The molecule has 2 aromatic carbocycles. The highest BCUT2D eigenvalue weighted by molar-refractivity contribution is 7.12. The van der Waals surface area contributed by atoms with Crippen molar-refractivity contribution in [2.24, 2.45) is 0 Å². The quantitative estimate of drug-likeness (QED) is 0.429. The third-order valence-electron chi connectivity index (χ3n) is 6.37. The maximum Gasteiger partial charge on any atom is 0.271 e. The first-order valence-corrected chi connectivity index (χ1v) is 12.2. The maximum absolute atomic E-state index is 13.5. The van der Waals surface area contributed by atoms with E-state index in [1.54, 1.807) is 16.7 Å². The zero-order chi connectivity index (χ0) is 24.5. The van der Waals surface area contributed by atoms with Crippen LogP contribution in [-0.2, 0) is 6.54 Å². The first-order valence-electron chi connectivity index (χ1n) is 11.4. The number of aryl methyl sites for hydroxylation is 1. The maximum atomic E-state index is 13.5. The van der Waals surface area contributed by atoms with E-state index in [1.807, 2.05) is 52.4 Å². The number of amides is 1. The second-order valence-electron chi connectivity index (χ2n) is 8.63. The van der Waals surface area contributed by atoms with Crippen molar-refractivity contribution in [1.29, 1.82) is 5.26 Å². The second kappa shape index (κ2) is 9.35. The fourth-order valence-corrected chi connectivity index (χ4v) is 5.29. The van der Waals surface area contributed by atoms with Crippen molar-refractivity contribution < 1.29 is 9.18 Å². The van der Waals surface area contributed by atoms with Crippen LogP contribution in [0.15, 0.2) is 64.8 Å². The van der Waals surface area contributed by atoms with E-state index in [4.69, 9.17) is 0 Å². The van der Waals surface area contributed by atoms with E-state index < -0.39 is 0 Å². The molecule has 35 heavy (non-hydrogen) atoms. The third-order valence-corrected chi connectivity index (χ3v) is 7.23. The number of aromatic nitrogens is 1. The van der Waals surface area contributed by atoms with Gasteiger partial charge in [0.15, 0.2) is 0 Å². The Morgan fingerprint density at radius 1 is 1.09 bits per heavy atom. The molecule has 5 rings (SSSR count). The number of thiophene rings is 1. The van der Waals surface area contributed by atoms with Gasteiger partial charge in [0.2, 0.25) is 0 Å². The average Bonchev–Trinajstić information content (AvgIpc) is 3.41. The molecule has 0 aliphatic carbocycles. The van der Waals surface area contributed by atoms with Crippen molar-refractivity contribution >= 4 is 33.8 Å². The summed E-state index contributed by atoms with van der Waals surface area (Å²) in [5, 5.41) is 12.8. The van der Waals surface area contributed by atoms with Crippen molar-refractivity contribution in [2.75, 3.05) is 31.1 Å². The molecule has 2 aromatic heterocycles. The van der Waals surface area contributed by atoms with Gasteiger partial charge in [0.25, 0.3) is 11.5 Å². The van der Waals surface area contributed by atoms with Crippen LogP contribution in [0.4, 0.5) is 10.1 Å². The molecule has 0 saturated carbocycles. The molecule has 1 aliphatic rings. The molecular weight excluding hydrogens is 463 g/mol. The highest BCUT2D eigenvalue weighted by atomic mass is 32.1. The van der Waals surface area contributed by atoms with Crippen molar-refractivity contribution in [2.45, 2.75) is 13.5 Å². The van der Waals surface area contributed by atoms with E-state index in [-0.39, 0.29) is 29.4 Å². The standard InChI is InChI=1S/C27H23FN4O2S/c1-18-4-9-23-21(15-18)25(30-10-12-31(13-11-30)27(34)24-3-2-14-35-24)22(16-29)26(33)32(23)17-19-5-7-20(28)8-6-19/h2-9,14-15H,10-13,17H2,1H3. The van der Waals surface area contributed by atoms with Crippen LogP contribution in [0.1, 0.15) is 26.4 Å². The van der Waals surface area contributed by atoms with Crippen LogP contribution < -0.4 is 10.5 Å². The summed E-state index contributed by atoms with van der Waals surface area (Å²) >= 11 is 1.42. The fraction of sp³-hybridized carbons (Fsp3) is 0.222. The van der Waals surface area contributed by atoms with Crippen LogP contribution in [0, 0.1) is 24.1 Å². The van der Waals surface area contributed by atoms with Crippen LogP contribution in [-0.4, -0.2) is 41.6 Å². The van der Waals surface area contributed by atoms with E-state index in [9.17, 15) is 19.2 Å². The molecule has 0 N–H and O–H groups in total. The number of hydrogen-bond donors (Lipinski definition) is 0. The molecule has 1 fully saturated rings.